The summed E-state index contributed by atoms with van der Waals surface area (Å²) in [6.45, 7) is 2.64. The molecule has 0 aliphatic carbocycles. The molecule has 0 radical (unpaired) electrons. The number of nitrogens with zero attached hydrogens (tertiary/aromatic N) is 1. The molecule has 2 atom stereocenters. The van der Waals surface area contributed by atoms with Crippen molar-refractivity contribution in [3.05, 3.63) is 59.7 Å². The molecular weight excluding hydrogens is 392 g/mol. The third-order valence-corrected chi connectivity index (χ3v) is 5.89. The lowest BCUT2D eigenvalue weighted by Crippen LogP contribution is -2.32. The molecule has 0 bridgehead atoms. The van der Waals surface area contributed by atoms with Crippen molar-refractivity contribution >= 4 is 35.2 Å². The summed E-state index contributed by atoms with van der Waals surface area (Å²) in [5.41, 5.74) is 6.99. The van der Waals surface area contributed by atoms with Crippen molar-refractivity contribution in [1.29, 1.82) is 0 Å². The molecule has 2 aromatic carbocycles. The molecule has 1 fully saturated rings. The maximum absolute atomic E-state index is 13.0. The minimum Gasteiger partial charge on any atom is -0.494 e. The fourth-order valence-corrected chi connectivity index (χ4v) is 4.53. The van der Waals surface area contributed by atoms with E-state index in [0.717, 1.165) is 17.7 Å². The number of nitrogens with two attached hydrogens (primary N) is 1. The van der Waals surface area contributed by atoms with Crippen LogP contribution in [0.1, 0.15) is 41.1 Å². The molecule has 1 aliphatic heterocycles. The number of primary amides is 1. The van der Waals surface area contributed by atoms with Crippen molar-refractivity contribution in [3.63, 3.8) is 0 Å². The molecule has 0 saturated carbocycles. The molecule has 8 heteroatoms. The summed E-state index contributed by atoms with van der Waals surface area (Å²) in [7, 11) is 0. The lowest BCUT2D eigenvalue weighted by molar-refractivity contribution is -0.138. The number of rotatable bonds is 8. The van der Waals surface area contributed by atoms with Crippen LogP contribution in [0.2, 0.25) is 0 Å². The Hall–Kier alpha value is -3.00. The average molecular weight is 414 g/mol. The summed E-state index contributed by atoms with van der Waals surface area (Å²) in [5, 5.41) is 8.04. The van der Waals surface area contributed by atoms with Gasteiger partial charge in [0, 0.05) is 11.3 Å². The Morgan fingerprint density at radius 1 is 1.21 bits per heavy atom. The van der Waals surface area contributed by atoms with Gasteiger partial charge in [0.05, 0.1) is 18.3 Å². The number of carbonyl (C=O) groups is 3. The molecule has 1 aliphatic rings. The van der Waals surface area contributed by atoms with Crippen LogP contribution < -0.4 is 15.4 Å². The zero-order chi connectivity index (χ0) is 21.0. The first-order valence-electron chi connectivity index (χ1n) is 9.23. The highest BCUT2D eigenvalue weighted by atomic mass is 32.2. The second-order valence-electron chi connectivity index (χ2n) is 6.62. The number of carboxylic acid groups (broad SMARTS) is 1. The Balaban J connectivity index is 1.95. The zero-order valence-corrected chi connectivity index (χ0v) is 16.7. The van der Waals surface area contributed by atoms with E-state index in [1.54, 1.807) is 24.3 Å². The van der Waals surface area contributed by atoms with Crippen LogP contribution in [0.5, 0.6) is 5.75 Å². The first kappa shape index (κ1) is 20.7. The van der Waals surface area contributed by atoms with Crippen LogP contribution in [0.3, 0.4) is 0 Å². The minimum absolute atomic E-state index is 0.274. The normalized spacial score (nSPS) is 18.7. The molecule has 0 spiro atoms. The topological polar surface area (TPSA) is 110 Å². The van der Waals surface area contributed by atoms with Gasteiger partial charge in [0.1, 0.15) is 11.1 Å². The van der Waals surface area contributed by atoms with E-state index < -0.39 is 22.5 Å². The van der Waals surface area contributed by atoms with Crippen LogP contribution in [0.4, 0.5) is 5.69 Å². The Morgan fingerprint density at radius 2 is 1.93 bits per heavy atom. The highest BCUT2D eigenvalue weighted by Crippen LogP contribution is 2.47. The van der Waals surface area contributed by atoms with Gasteiger partial charge >= 0.3 is 5.97 Å². The van der Waals surface area contributed by atoms with Crippen molar-refractivity contribution in [2.45, 2.75) is 30.4 Å². The van der Waals surface area contributed by atoms with Gasteiger partial charge in [-0.05, 0) is 42.3 Å². The molecule has 1 saturated heterocycles. The molecule has 0 aromatic heterocycles. The zero-order valence-electron chi connectivity index (χ0n) is 15.9. The smallest absolute Gasteiger partial charge is 0.305 e. The van der Waals surface area contributed by atoms with E-state index in [0.29, 0.717) is 12.3 Å². The van der Waals surface area contributed by atoms with Gasteiger partial charge < -0.3 is 15.6 Å². The number of thioether (sulfide) groups is 1. The monoisotopic (exact) mass is 414 g/mol. The van der Waals surface area contributed by atoms with E-state index in [9.17, 15) is 19.5 Å². The number of amides is 2. The molecule has 7 nitrogen and oxygen atoms in total. The van der Waals surface area contributed by atoms with Crippen LogP contribution in [0.15, 0.2) is 48.5 Å². The van der Waals surface area contributed by atoms with Gasteiger partial charge in [0.15, 0.2) is 0 Å². The van der Waals surface area contributed by atoms with Gasteiger partial charge in [-0.15, -0.1) is 11.8 Å². The Bertz CT molecular complexity index is 916. The van der Waals surface area contributed by atoms with E-state index in [1.807, 2.05) is 31.2 Å². The van der Waals surface area contributed by atoms with Crippen LogP contribution in [0, 0.1) is 0 Å². The van der Waals surface area contributed by atoms with E-state index in [2.05, 4.69) is 0 Å². The van der Waals surface area contributed by atoms with Crippen molar-refractivity contribution < 1.29 is 24.2 Å². The number of carboxylic acids is 1. The number of hydrogen-bond donors (Lipinski definition) is 2. The molecule has 0 unspecified atom stereocenters. The molecule has 29 heavy (non-hydrogen) atoms. The van der Waals surface area contributed by atoms with Crippen LogP contribution in [-0.2, 0) is 9.59 Å². The van der Waals surface area contributed by atoms with Gasteiger partial charge in [-0.2, -0.15) is 0 Å². The SMILES string of the molecule is CCCOc1ccc([C@@H]2S[C@@H](CC(=O)O)C(=O)N2c2cccc(C(N)=O)c2)cc1. The van der Waals surface area contributed by atoms with Gasteiger partial charge in [-0.3, -0.25) is 19.3 Å². The van der Waals surface area contributed by atoms with Crippen LogP contribution >= 0.6 is 11.8 Å². The molecule has 2 aromatic rings. The highest BCUT2D eigenvalue weighted by molar-refractivity contribution is 8.01. The number of anilines is 1. The molecule has 152 valence electrons. The molecule has 1 heterocycles. The summed E-state index contributed by atoms with van der Waals surface area (Å²) in [4.78, 5) is 37.3. The number of ether oxygens (including phenoxy) is 1. The summed E-state index contributed by atoms with van der Waals surface area (Å²) < 4.78 is 5.60. The van der Waals surface area contributed by atoms with Gasteiger partial charge in [-0.25, -0.2) is 0 Å². The highest BCUT2D eigenvalue weighted by Gasteiger charge is 2.42. The maximum Gasteiger partial charge on any atom is 0.305 e. The van der Waals surface area contributed by atoms with E-state index in [1.165, 1.54) is 16.7 Å². The summed E-state index contributed by atoms with van der Waals surface area (Å²) in [6, 6.07) is 13.9. The second-order valence-corrected chi connectivity index (χ2v) is 7.90. The Kier molecular flexibility index (Phi) is 6.43. The van der Waals surface area contributed by atoms with Crippen molar-refractivity contribution in [2.75, 3.05) is 11.5 Å². The standard InChI is InChI=1S/C21H22N2O5S/c1-2-10-28-16-8-6-13(7-9-16)21-23(20(27)17(29-21)12-18(24)25)15-5-3-4-14(11-15)19(22)26/h3-9,11,17,21H,2,10,12H2,1H3,(H2,22,26)(H,24,25)/t17-,21-/m0/s1. The number of benzene rings is 2. The largest absolute Gasteiger partial charge is 0.494 e. The lowest BCUT2D eigenvalue weighted by atomic mass is 10.1. The van der Waals surface area contributed by atoms with E-state index in [4.69, 9.17) is 10.5 Å². The average Bonchev–Trinajstić information content (AvgIpc) is 3.02. The van der Waals surface area contributed by atoms with Crippen LogP contribution in [-0.4, -0.2) is 34.7 Å². The van der Waals surface area contributed by atoms with Gasteiger partial charge in [0.2, 0.25) is 11.8 Å². The first-order chi connectivity index (χ1) is 13.9. The van der Waals surface area contributed by atoms with Crippen molar-refractivity contribution in [3.8, 4) is 5.75 Å². The predicted octanol–water partition coefficient (Wildman–Crippen LogP) is 3.20. The minimum atomic E-state index is -1.04. The Morgan fingerprint density at radius 3 is 2.55 bits per heavy atom. The first-order valence-corrected chi connectivity index (χ1v) is 10.2. The van der Waals surface area contributed by atoms with E-state index >= 15 is 0 Å². The second kappa shape index (κ2) is 9.00. The summed E-state index contributed by atoms with van der Waals surface area (Å²) >= 11 is 1.28. The predicted molar refractivity (Wildman–Crippen MR) is 111 cm³/mol. The number of hydrogen-bond acceptors (Lipinski definition) is 5. The molecule has 2 amide bonds. The summed E-state index contributed by atoms with van der Waals surface area (Å²) in [6.07, 6.45) is 0.624. The fraction of sp³-hybridized carbons (Fsp3) is 0.286. The third kappa shape index (κ3) is 4.71. The molecule has 3 rings (SSSR count). The number of carbonyl (C=O) groups excluding carboxylic acids is 2. The fourth-order valence-electron chi connectivity index (χ4n) is 3.09. The quantitative estimate of drug-likeness (QED) is 0.686. The molecular formula is C21H22N2O5S. The van der Waals surface area contributed by atoms with Crippen molar-refractivity contribution in [1.82, 2.24) is 0 Å². The molecule has 3 N–H and O–H groups in total. The van der Waals surface area contributed by atoms with Gasteiger partial charge in [0.25, 0.3) is 0 Å². The summed E-state index contributed by atoms with van der Waals surface area (Å²) in [5.74, 6) is -1.21. The third-order valence-electron chi connectivity index (χ3n) is 4.45. The maximum atomic E-state index is 13.0. The van der Waals surface area contributed by atoms with E-state index in [-0.39, 0.29) is 17.9 Å². The lowest BCUT2D eigenvalue weighted by Gasteiger charge is -2.25. The van der Waals surface area contributed by atoms with Gasteiger partial charge in [-0.1, -0.05) is 25.1 Å². The Labute approximate surface area is 172 Å². The number of aliphatic carboxylic acids is 1. The van der Waals surface area contributed by atoms with Crippen molar-refractivity contribution in [2.24, 2.45) is 5.73 Å². The van der Waals surface area contributed by atoms with Crippen LogP contribution in [0.25, 0.3) is 0 Å².